The summed E-state index contributed by atoms with van der Waals surface area (Å²) in [5.41, 5.74) is 0. The molecule has 2 heterocycles. The highest BCUT2D eigenvalue weighted by Crippen LogP contribution is 2.30. The zero-order valence-electron chi connectivity index (χ0n) is 9.81. The fourth-order valence-corrected chi connectivity index (χ4v) is 2.33. The number of aromatic hydroxyl groups is 1. The van der Waals surface area contributed by atoms with Gasteiger partial charge < -0.3 is 14.0 Å². The van der Waals surface area contributed by atoms with E-state index in [1.807, 2.05) is 12.1 Å². The Kier molecular flexibility index (Phi) is 3.24. The Morgan fingerprint density at radius 3 is 2.84 bits per heavy atom. The topological polar surface area (TPSA) is 72.3 Å². The molecule has 3 rings (SSSR count). The van der Waals surface area contributed by atoms with Gasteiger partial charge in [-0.2, -0.15) is 4.98 Å². The summed E-state index contributed by atoms with van der Waals surface area (Å²) in [6.45, 7) is 0. The molecule has 0 amide bonds. The van der Waals surface area contributed by atoms with Crippen LogP contribution in [-0.4, -0.2) is 15.2 Å². The number of nitrogens with zero attached hydrogens (tertiary/aromatic N) is 2. The van der Waals surface area contributed by atoms with Crippen LogP contribution < -0.4 is 0 Å². The molecule has 0 spiro atoms. The summed E-state index contributed by atoms with van der Waals surface area (Å²) < 4.78 is 10.3. The maximum Gasteiger partial charge on any atom is 0.238 e. The van der Waals surface area contributed by atoms with Crippen LogP contribution in [0.15, 0.2) is 56.5 Å². The van der Waals surface area contributed by atoms with Crippen molar-refractivity contribution in [3.05, 3.63) is 48.6 Å². The summed E-state index contributed by atoms with van der Waals surface area (Å²) >= 11 is 1.43. The van der Waals surface area contributed by atoms with Gasteiger partial charge in [0.2, 0.25) is 11.7 Å². The molecule has 0 fully saturated rings. The van der Waals surface area contributed by atoms with E-state index >= 15 is 0 Å². The molecule has 0 saturated carbocycles. The minimum atomic E-state index is 0.248. The molecule has 19 heavy (non-hydrogen) atoms. The van der Waals surface area contributed by atoms with Crippen LogP contribution in [0.3, 0.4) is 0 Å². The van der Waals surface area contributed by atoms with Gasteiger partial charge in [0.25, 0.3) is 0 Å². The van der Waals surface area contributed by atoms with Crippen molar-refractivity contribution < 1.29 is 14.0 Å². The van der Waals surface area contributed by atoms with Crippen molar-refractivity contribution in [3.63, 3.8) is 0 Å². The number of hydrogen-bond acceptors (Lipinski definition) is 6. The van der Waals surface area contributed by atoms with Crippen molar-refractivity contribution in [3.8, 4) is 17.3 Å². The number of phenols is 1. The minimum absolute atomic E-state index is 0.248. The van der Waals surface area contributed by atoms with Crippen LogP contribution in [-0.2, 0) is 5.75 Å². The molecule has 5 nitrogen and oxygen atoms in total. The SMILES string of the molecule is Oc1ccccc1SCc1nc(-c2ccco2)no1. The molecule has 0 unspecified atom stereocenters. The van der Waals surface area contributed by atoms with Gasteiger partial charge in [-0.1, -0.05) is 17.3 Å². The second-order valence-corrected chi connectivity index (χ2v) is 4.76. The maximum atomic E-state index is 9.64. The first kappa shape index (κ1) is 11.9. The second kappa shape index (κ2) is 5.19. The van der Waals surface area contributed by atoms with Crippen LogP contribution >= 0.6 is 11.8 Å². The zero-order valence-corrected chi connectivity index (χ0v) is 10.6. The molecule has 0 aliphatic carbocycles. The quantitative estimate of drug-likeness (QED) is 0.736. The Hall–Kier alpha value is -2.21. The Morgan fingerprint density at radius 1 is 1.16 bits per heavy atom. The normalized spacial score (nSPS) is 10.7. The number of furan rings is 1. The van der Waals surface area contributed by atoms with Gasteiger partial charge in [0.05, 0.1) is 12.0 Å². The third kappa shape index (κ3) is 2.63. The lowest BCUT2D eigenvalue weighted by molar-refractivity contribution is 0.390. The Bertz CT molecular complexity index is 664. The fraction of sp³-hybridized carbons (Fsp3) is 0.0769. The first-order valence-corrected chi connectivity index (χ1v) is 6.59. The first-order chi connectivity index (χ1) is 9.33. The summed E-state index contributed by atoms with van der Waals surface area (Å²) in [6, 6.07) is 10.7. The van der Waals surface area contributed by atoms with Crippen LogP contribution in [0.1, 0.15) is 5.89 Å². The number of aromatic nitrogens is 2. The van der Waals surface area contributed by atoms with Crippen molar-refractivity contribution in [1.82, 2.24) is 10.1 Å². The van der Waals surface area contributed by atoms with Crippen LogP contribution in [0.4, 0.5) is 0 Å². The molecule has 2 aromatic heterocycles. The van der Waals surface area contributed by atoms with Gasteiger partial charge in [-0.25, -0.2) is 0 Å². The van der Waals surface area contributed by atoms with E-state index in [2.05, 4.69) is 10.1 Å². The van der Waals surface area contributed by atoms with Crippen LogP contribution in [0.25, 0.3) is 11.6 Å². The number of thioether (sulfide) groups is 1. The Morgan fingerprint density at radius 2 is 2.05 bits per heavy atom. The molecular weight excluding hydrogens is 264 g/mol. The van der Waals surface area contributed by atoms with Gasteiger partial charge in [-0.05, 0) is 24.3 Å². The van der Waals surface area contributed by atoms with E-state index in [4.69, 9.17) is 8.94 Å². The van der Waals surface area contributed by atoms with Gasteiger partial charge in [0.15, 0.2) is 5.76 Å². The summed E-state index contributed by atoms with van der Waals surface area (Å²) in [5.74, 6) is 2.23. The lowest BCUT2D eigenvalue weighted by Crippen LogP contribution is -1.82. The predicted octanol–water partition coefficient (Wildman–Crippen LogP) is 3.33. The highest BCUT2D eigenvalue weighted by molar-refractivity contribution is 7.98. The molecule has 96 valence electrons. The van der Waals surface area contributed by atoms with Crippen LogP contribution in [0.5, 0.6) is 5.75 Å². The maximum absolute atomic E-state index is 9.64. The average molecular weight is 274 g/mol. The van der Waals surface area contributed by atoms with E-state index in [-0.39, 0.29) is 5.75 Å². The van der Waals surface area contributed by atoms with E-state index < -0.39 is 0 Å². The zero-order chi connectivity index (χ0) is 13.1. The molecule has 0 aliphatic rings. The monoisotopic (exact) mass is 274 g/mol. The highest BCUT2D eigenvalue weighted by atomic mass is 32.2. The summed E-state index contributed by atoms with van der Waals surface area (Å²) in [6.07, 6.45) is 1.56. The fourth-order valence-electron chi connectivity index (χ4n) is 1.54. The highest BCUT2D eigenvalue weighted by Gasteiger charge is 2.11. The molecule has 0 aliphatic heterocycles. The van der Waals surface area contributed by atoms with E-state index in [1.54, 1.807) is 30.5 Å². The van der Waals surface area contributed by atoms with Gasteiger partial charge in [-0.3, -0.25) is 0 Å². The molecule has 6 heteroatoms. The number of hydrogen-bond donors (Lipinski definition) is 1. The molecule has 1 N–H and O–H groups in total. The lowest BCUT2D eigenvalue weighted by atomic mass is 10.3. The van der Waals surface area contributed by atoms with E-state index in [9.17, 15) is 5.11 Å². The van der Waals surface area contributed by atoms with Crippen molar-refractivity contribution in [2.45, 2.75) is 10.6 Å². The van der Waals surface area contributed by atoms with Gasteiger partial charge in [-0.15, -0.1) is 11.8 Å². The van der Waals surface area contributed by atoms with Gasteiger partial charge in [0.1, 0.15) is 5.75 Å². The molecule has 3 aromatic rings. The number of benzene rings is 1. The second-order valence-electron chi connectivity index (χ2n) is 3.75. The lowest BCUT2D eigenvalue weighted by Gasteiger charge is -2.00. The molecular formula is C13H10N2O3S. The third-order valence-corrected chi connectivity index (χ3v) is 3.47. The first-order valence-electron chi connectivity index (χ1n) is 5.60. The van der Waals surface area contributed by atoms with Crippen molar-refractivity contribution in [2.24, 2.45) is 0 Å². The summed E-state index contributed by atoms with van der Waals surface area (Å²) in [5, 5.41) is 13.5. The average Bonchev–Trinajstić information content (AvgIpc) is 3.09. The largest absolute Gasteiger partial charge is 0.507 e. The smallest absolute Gasteiger partial charge is 0.238 e. The molecule has 0 bridgehead atoms. The Labute approximate surface area is 113 Å². The van der Waals surface area contributed by atoms with Crippen molar-refractivity contribution in [2.75, 3.05) is 0 Å². The summed E-state index contributed by atoms with van der Waals surface area (Å²) in [7, 11) is 0. The standard InChI is InChI=1S/C13H10N2O3S/c16-9-4-1-2-6-11(9)19-8-12-14-13(15-18-12)10-5-3-7-17-10/h1-7,16H,8H2. The van der Waals surface area contributed by atoms with E-state index in [0.29, 0.717) is 23.2 Å². The van der Waals surface area contributed by atoms with E-state index in [0.717, 1.165) is 4.90 Å². The third-order valence-electron chi connectivity index (χ3n) is 2.43. The molecule has 0 radical (unpaired) electrons. The van der Waals surface area contributed by atoms with Crippen molar-refractivity contribution in [1.29, 1.82) is 0 Å². The molecule has 0 atom stereocenters. The number of para-hydroxylation sites is 1. The van der Waals surface area contributed by atoms with E-state index in [1.165, 1.54) is 11.8 Å². The number of rotatable bonds is 4. The predicted molar refractivity (Wildman–Crippen MR) is 69.7 cm³/mol. The molecule has 0 saturated heterocycles. The number of phenolic OH excluding ortho intramolecular Hbond substituents is 1. The van der Waals surface area contributed by atoms with Crippen LogP contribution in [0, 0.1) is 0 Å². The van der Waals surface area contributed by atoms with Gasteiger partial charge >= 0.3 is 0 Å². The van der Waals surface area contributed by atoms with Gasteiger partial charge in [0, 0.05) is 4.90 Å². The summed E-state index contributed by atoms with van der Waals surface area (Å²) in [4.78, 5) is 5.00. The minimum Gasteiger partial charge on any atom is -0.507 e. The molecule has 1 aromatic carbocycles. The Balaban J connectivity index is 1.70. The van der Waals surface area contributed by atoms with Crippen LogP contribution in [0.2, 0.25) is 0 Å². The van der Waals surface area contributed by atoms with Crippen molar-refractivity contribution >= 4 is 11.8 Å².